The molecule has 0 aliphatic carbocycles. The Morgan fingerprint density at radius 3 is 2.57 bits per heavy atom. The zero-order valence-electron chi connectivity index (χ0n) is 13.0. The molecule has 21 heavy (non-hydrogen) atoms. The predicted molar refractivity (Wildman–Crippen MR) is 85.3 cm³/mol. The second-order valence-electron chi connectivity index (χ2n) is 5.39. The van der Waals surface area contributed by atoms with E-state index in [1.165, 1.54) is 5.56 Å². The lowest BCUT2D eigenvalue weighted by atomic mass is 10.2. The summed E-state index contributed by atoms with van der Waals surface area (Å²) >= 11 is 0. The monoisotopic (exact) mass is 286 g/mol. The van der Waals surface area contributed by atoms with Gasteiger partial charge in [-0.2, -0.15) is 5.10 Å². The number of nitrogens with one attached hydrogen (secondary N) is 1. The predicted octanol–water partition coefficient (Wildman–Crippen LogP) is 2.73. The highest BCUT2D eigenvalue weighted by Gasteiger charge is 2.10. The summed E-state index contributed by atoms with van der Waals surface area (Å²) in [5.41, 5.74) is 11.5. The van der Waals surface area contributed by atoms with Crippen LogP contribution in [0.4, 0.5) is 11.4 Å². The number of nitrogens with two attached hydrogens (primary N) is 1. The van der Waals surface area contributed by atoms with Gasteiger partial charge in [0.25, 0.3) is 0 Å². The Morgan fingerprint density at radius 2 is 2.00 bits per heavy atom. The van der Waals surface area contributed by atoms with Crippen molar-refractivity contribution in [3.05, 3.63) is 40.7 Å². The Balaban J connectivity index is 1.97. The van der Waals surface area contributed by atoms with Crippen LogP contribution in [0.15, 0.2) is 18.2 Å². The van der Waals surface area contributed by atoms with E-state index in [1.807, 2.05) is 44.5 Å². The highest BCUT2D eigenvalue weighted by Crippen LogP contribution is 2.18. The molecule has 1 amide bonds. The number of anilines is 2. The summed E-state index contributed by atoms with van der Waals surface area (Å²) in [7, 11) is 0. The minimum Gasteiger partial charge on any atom is -0.399 e. The van der Waals surface area contributed by atoms with Crippen LogP contribution < -0.4 is 11.1 Å². The maximum absolute atomic E-state index is 12.0. The first kappa shape index (κ1) is 15.1. The number of nitrogens with zero attached hydrogens (tertiary/aromatic N) is 2. The van der Waals surface area contributed by atoms with Gasteiger partial charge in [0.1, 0.15) is 0 Å². The van der Waals surface area contributed by atoms with Crippen molar-refractivity contribution in [2.75, 3.05) is 11.1 Å². The molecule has 5 heteroatoms. The normalized spacial score (nSPS) is 10.7. The van der Waals surface area contributed by atoms with Gasteiger partial charge in [-0.05, 0) is 57.0 Å². The number of carbonyl (C=O) groups excluding carboxylic acids is 1. The number of rotatable bonds is 4. The zero-order valence-corrected chi connectivity index (χ0v) is 13.0. The van der Waals surface area contributed by atoms with Gasteiger partial charge in [-0.3, -0.25) is 9.48 Å². The number of carbonyl (C=O) groups is 1. The second kappa shape index (κ2) is 5.99. The summed E-state index contributed by atoms with van der Waals surface area (Å²) in [5, 5.41) is 7.35. The van der Waals surface area contributed by atoms with E-state index >= 15 is 0 Å². The molecule has 0 fully saturated rings. The van der Waals surface area contributed by atoms with Gasteiger partial charge >= 0.3 is 0 Å². The standard InChI is InChI=1S/C16H22N4O/c1-10-9-14(17)5-6-15(10)18-16(21)7-8-20-13(4)11(2)12(3)19-20/h5-6,9H,7-8,17H2,1-4H3,(H,18,21). The average Bonchev–Trinajstić information content (AvgIpc) is 2.67. The lowest BCUT2D eigenvalue weighted by molar-refractivity contribution is -0.116. The Kier molecular flexibility index (Phi) is 4.31. The van der Waals surface area contributed by atoms with Gasteiger partial charge in [0.15, 0.2) is 0 Å². The van der Waals surface area contributed by atoms with Gasteiger partial charge in [0.05, 0.1) is 5.69 Å². The SMILES string of the molecule is Cc1cc(N)ccc1NC(=O)CCn1nc(C)c(C)c1C. The van der Waals surface area contributed by atoms with Crippen molar-refractivity contribution in [1.82, 2.24) is 9.78 Å². The number of hydrogen-bond donors (Lipinski definition) is 2. The third-order valence-electron chi connectivity index (χ3n) is 3.82. The smallest absolute Gasteiger partial charge is 0.226 e. The molecule has 1 aromatic carbocycles. The van der Waals surface area contributed by atoms with Crippen LogP contribution in [-0.4, -0.2) is 15.7 Å². The van der Waals surface area contributed by atoms with Gasteiger partial charge in [-0.15, -0.1) is 0 Å². The topological polar surface area (TPSA) is 72.9 Å². The van der Waals surface area contributed by atoms with Crippen molar-refractivity contribution in [3.8, 4) is 0 Å². The molecule has 0 atom stereocenters. The lowest BCUT2D eigenvalue weighted by Gasteiger charge is -2.09. The molecule has 5 nitrogen and oxygen atoms in total. The van der Waals surface area contributed by atoms with Crippen LogP contribution in [0.5, 0.6) is 0 Å². The number of amides is 1. The summed E-state index contributed by atoms with van der Waals surface area (Å²) in [6.45, 7) is 8.57. The van der Waals surface area contributed by atoms with Crippen LogP contribution in [0.3, 0.4) is 0 Å². The fourth-order valence-electron chi connectivity index (χ4n) is 2.25. The first-order valence-corrected chi connectivity index (χ1v) is 7.05. The Labute approximate surface area is 125 Å². The van der Waals surface area contributed by atoms with Crippen molar-refractivity contribution >= 4 is 17.3 Å². The molecule has 2 aromatic rings. The number of benzene rings is 1. The first-order valence-electron chi connectivity index (χ1n) is 7.05. The highest BCUT2D eigenvalue weighted by atomic mass is 16.1. The van der Waals surface area contributed by atoms with Crippen LogP contribution in [-0.2, 0) is 11.3 Å². The van der Waals surface area contributed by atoms with Gasteiger partial charge in [0, 0.05) is 30.0 Å². The summed E-state index contributed by atoms with van der Waals surface area (Å²) in [5.74, 6) is -0.0203. The molecule has 1 heterocycles. The number of aryl methyl sites for hydroxylation is 3. The summed E-state index contributed by atoms with van der Waals surface area (Å²) in [6.07, 6.45) is 0.394. The molecule has 0 saturated heterocycles. The van der Waals surface area contributed by atoms with Crippen LogP contribution in [0.25, 0.3) is 0 Å². The van der Waals surface area contributed by atoms with Crippen molar-refractivity contribution < 1.29 is 4.79 Å². The van der Waals surface area contributed by atoms with Crippen LogP contribution in [0, 0.1) is 27.7 Å². The van der Waals surface area contributed by atoms with Crippen molar-refractivity contribution in [3.63, 3.8) is 0 Å². The molecule has 2 rings (SSSR count). The average molecular weight is 286 g/mol. The molecule has 0 bridgehead atoms. The van der Waals surface area contributed by atoms with E-state index in [1.54, 1.807) is 6.07 Å². The minimum absolute atomic E-state index is 0.0203. The number of hydrogen-bond acceptors (Lipinski definition) is 3. The lowest BCUT2D eigenvalue weighted by Crippen LogP contribution is -2.16. The van der Waals surface area contributed by atoms with Crippen LogP contribution >= 0.6 is 0 Å². The largest absolute Gasteiger partial charge is 0.399 e. The van der Waals surface area contributed by atoms with E-state index in [0.717, 1.165) is 22.6 Å². The molecule has 0 spiro atoms. The molecule has 0 unspecified atom stereocenters. The van der Waals surface area contributed by atoms with Crippen LogP contribution in [0.2, 0.25) is 0 Å². The number of nitrogen functional groups attached to an aromatic ring is 1. The maximum Gasteiger partial charge on any atom is 0.226 e. The molecule has 3 N–H and O–H groups in total. The highest BCUT2D eigenvalue weighted by molar-refractivity contribution is 5.91. The maximum atomic E-state index is 12.0. The van der Waals surface area contributed by atoms with Gasteiger partial charge < -0.3 is 11.1 Å². The molecule has 0 saturated carbocycles. The van der Waals surface area contributed by atoms with Crippen molar-refractivity contribution in [1.29, 1.82) is 0 Å². The second-order valence-corrected chi connectivity index (χ2v) is 5.39. The summed E-state index contributed by atoms with van der Waals surface area (Å²) in [4.78, 5) is 12.0. The quantitative estimate of drug-likeness (QED) is 0.849. The van der Waals surface area contributed by atoms with E-state index in [9.17, 15) is 4.79 Å². The van der Waals surface area contributed by atoms with E-state index in [0.29, 0.717) is 18.7 Å². The molecule has 0 aliphatic heterocycles. The van der Waals surface area contributed by atoms with Crippen molar-refractivity contribution in [2.24, 2.45) is 0 Å². The van der Waals surface area contributed by atoms with Crippen molar-refractivity contribution in [2.45, 2.75) is 40.7 Å². The summed E-state index contributed by atoms with van der Waals surface area (Å²) < 4.78 is 1.89. The van der Waals surface area contributed by atoms with Gasteiger partial charge in [-0.1, -0.05) is 0 Å². The third-order valence-corrected chi connectivity index (χ3v) is 3.82. The Bertz CT molecular complexity index is 673. The fraction of sp³-hybridized carbons (Fsp3) is 0.375. The number of aromatic nitrogens is 2. The van der Waals surface area contributed by atoms with E-state index in [-0.39, 0.29) is 5.91 Å². The molecular formula is C16H22N4O. The van der Waals surface area contributed by atoms with E-state index < -0.39 is 0 Å². The molecule has 0 radical (unpaired) electrons. The Morgan fingerprint density at radius 1 is 1.29 bits per heavy atom. The summed E-state index contributed by atoms with van der Waals surface area (Å²) in [6, 6.07) is 5.46. The van der Waals surface area contributed by atoms with E-state index in [4.69, 9.17) is 5.73 Å². The van der Waals surface area contributed by atoms with Gasteiger partial charge in [0.2, 0.25) is 5.91 Å². The van der Waals surface area contributed by atoms with Crippen LogP contribution in [0.1, 0.15) is 28.9 Å². The van der Waals surface area contributed by atoms with Gasteiger partial charge in [-0.25, -0.2) is 0 Å². The first-order chi connectivity index (χ1) is 9.88. The fourth-order valence-corrected chi connectivity index (χ4v) is 2.25. The molecule has 0 aliphatic rings. The molecular weight excluding hydrogens is 264 g/mol. The Hall–Kier alpha value is -2.30. The molecule has 112 valence electrons. The minimum atomic E-state index is -0.0203. The zero-order chi connectivity index (χ0) is 15.6. The third kappa shape index (κ3) is 3.42. The molecule has 1 aromatic heterocycles. The van der Waals surface area contributed by atoms with E-state index in [2.05, 4.69) is 10.4 Å².